The van der Waals surface area contributed by atoms with Crippen LogP contribution in [0.25, 0.3) is 0 Å². The second kappa shape index (κ2) is 10.5. The molecular formula is C19H29IN6O2. The first-order chi connectivity index (χ1) is 13.1. The van der Waals surface area contributed by atoms with Crippen LogP contribution in [0.1, 0.15) is 37.7 Å². The molecule has 1 aromatic carbocycles. The number of guanidine groups is 1. The highest BCUT2D eigenvalue weighted by atomic mass is 127. The minimum absolute atomic E-state index is 0. The van der Waals surface area contributed by atoms with Gasteiger partial charge in [-0.1, -0.05) is 0 Å². The number of hydrogen-bond acceptors (Lipinski definition) is 5. The Labute approximate surface area is 183 Å². The third-order valence-corrected chi connectivity index (χ3v) is 4.35. The Kier molecular flexibility index (Phi) is 8.34. The zero-order valence-electron chi connectivity index (χ0n) is 16.9. The third kappa shape index (κ3) is 5.49. The summed E-state index contributed by atoms with van der Waals surface area (Å²) >= 11 is 0. The molecule has 9 heteroatoms. The lowest BCUT2D eigenvalue weighted by Gasteiger charge is -2.13. The van der Waals surface area contributed by atoms with E-state index < -0.39 is 0 Å². The molecular weight excluding hydrogens is 471 g/mol. The minimum Gasteiger partial charge on any atom is -0.494 e. The van der Waals surface area contributed by atoms with Crippen molar-refractivity contribution in [1.82, 2.24) is 25.4 Å². The van der Waals surface area contributed by atoms with E-state index in [4.69, 9.17) is 14.5 Å². The van der Waals surface area contributed by atoms with Gasteiger partial charge in [-0.05, 0) is 32.9 Å². The van der Waals surface area contributed by atoms with Crippen molar-refractivity contribution in [3.8, 4) is 11.5 Å². The first kappa shape index (κ1) is 22.3. The highest BCUT2D eigenvalue weighted by Crippen LogP contribution is 2.35. The van der Waals surface area contributed by atoms with Crippen LogP contribution >= 0.6 is 24.0 Å². The average molecular weight is 500 g/mol. The van der Waals surface area contributed by atoms with Gasteiger partial charge in [-0.15, -0.1) is 34.2 Å². The standard InChI is InChI=1S/C19H28N6O2.HI/c1-5-20-19(22-11-18-24-23-12-25(18)4)21-10-15-9-17-14(7-13(3)27-17)8-16(15)26-6-2;/h8-9,12-13H,5-7,10-11H2,1-4H3,(H2,20,21,22);1H. The summed E-state index contributed by atoms with van der Waals surface area (Å²) in [5.41, 5.74) is 2.21. The number of aromatic nitrogens is 3. The number of benzene rings is 1. The lowest BCUT2D eigenvalue weighted by molar-refractivity contribution is 0.254. The number of fused-ring (bicyclic) bond motifs is 1. The lowest BCUT2D eigenvalue weighted by atomic mass is 10.1. The molecule has 1 aliphatic heterocycles. The largest absolute Gasteiger partial charge is 0.494 e. The summed E-state index contributed by atoms with van der Waals surface area (Å²) in [6.45, 7) is 8.55. The van der Waals surface area contributed by atoms with Crippen LogP contribution in [0.5, 0.6) is 11.5 Å². The minimum atomic E-state index is 0. The summed E-state index contributed by atoms with van der Waals surface area (Å²) in [5.74, 6) is 3.38. The number of hydrogen-bond donors (Lipinski definition) is 2. The molecule has 0 radical (unpaired) electrons. The van der Waals surface area contributed by atoms with Crippen molar-refractivity contribution in [2.45, 2.75) is 46.4 Å². The predicted molar refractivity (Wildman–Crippen MR) is 119 cm³/mol. The molecule has 0 saturated heterocycles. The summed E-state index contributed by atoms with van der Waals surface area (Å²) in [6, 6.07) is 4.15. The van der Waals surface area contributed by atoms with Gasteiger partial charge in [0.15, 0.2) is 11.8 Å². The topological polar surface area (TPSA) is 85.6 Å². The molecule has 0 saturated carbocycles. The molecule has 3 rings (SSSR count). The molecule has 2 N–H and O–H groups in total. The van der Waals surface area contributed by atoms with E-state index in [0.29, 0.717) is 19.7 Å². The molecule has 0 fully saturated rings. The normalized spacial score (nSPS) is 15.4. The zero-order valence-corrected chi connectivity index (χ0v) is 19.2. The Bertz CT molecular complexity index is 808. The van der Waals surface area contributed by atoms with Gasteiger partial charge < -0.3 is 24.7 Å². The quantitative estimate of drug-likeness (QED) is 0.345. The number of nitrogens with zero attached hydrogens (tertiary/aromatic N) is 4. The molecule has 0 bridgehead atoms. The van der Waals surface area contributed by atoms with Crippen LogP contribution in [-0.4, -0.2) is 40.0 Å². The number of nitrogens with one attached hydrogen (secondary N) is 2. The first-order valence-corrected chi connectivity index (χ1v) is 9.41. The molecule has 2 aromatic rings. The number of ether oxygens (including phenoxy) is 2. The van der Waals surface area contributed by atoms with E-state index in [-0.39, 0.29) is 30.1 Å². The van der Waals surface area contributed by atoms with Crippen molar-refractivity contribution in [3.05, 3.63) is 35.4 Å². The van der Waals surface area contributed by atoms with E-state index in [1.807, 2.05) is 25.5 Å². The van der Waals surface area contributed by atoms with Gasteiger partial charge in [-0.25, -0.2) is 4.99 Å². The SMILES string of the molecule is CCNC(=NCc1cc2c(cc1OCC)CC(C)O2)NCc1nncn1C.I. The summed E-state index contributed by atoms with van der Waals surface area (Å²) in [7, 11) is 1.92. The van der Waals surface area contributed by atoms with Crippen molar-refractivity contribution >= 4 is 29.9 Å². The van der Waals surface area contributed by atoms with Gasteiger partial charge in [0, 0.05) is 31.1 Å². The summed E-state index contributed by atoms with van der Waals surface area (Å²) in [4.78, 5) is 4.70. The van der Waals surface area contributed by atoms with E-state index >= 15 is 0 Å². The Morgan fingerprint density at radius 3 is 2.86 bits per heavy atom. The van der Waals surface area contributed by atoms with Crippen LogP contribution in [0.4, 0.5) is 0 Å². The van der Waals surface area contributed by atoms with E-state index in [1.54, 1.807) is 6.33 Å². The van der Waals surface area contributed by atoms with Crippen LogP contribution in [0, 0.1) is 0 Å². The van der Waals surface area contributed by atoms with Gasteiger partial charge in [0.1, 0.15) is 23.9 Å². The van der Waals surface area contributed by atoms with Crippen molar-refractivity contribution in [2.24, 2.45) is 12.0 Å². The number of rotatable bonds is 7. The highest BCUT2D eigenvalue weighted by molar-refractivity contribution is 14.0. The second-order valence-electron chi connectivity index (χ2n) is 6.54. The smallest absolute Gasteiger partial charge is 0.191 e. The van der Waals surface area contributed by atoms with Crippen LogP contribution in [0.3, 0.4) is 0 Å². The van der Waals surface area contributed by atoms with Crippen molar-refractivity contribution in [3.63, 3.8) is 0 Å². The Morgan fingerprint density at radius 2 is 2.18 bits per heavy atom. The van der Waals surface area contributed by atoms with Gasteiger partial charge in [-0.2, -0.15) is 0 Å². The molecule has 8 nitrogen and oxygen atoms in total. The average Bonchev–Trinajstić information content (AvgIpc) is 3.21. The fraction of sp³-hybridized carbons (Fsp3) is 0.526. The predicted octanol–water partition coefficient (Wildman–Crippen LogP) is 2.41. The maximum atomic E-state index is 5.89. The van der Waals surface area contributed by atoms with E-state index in [9.17, 15) is 0 Å². The maximum absolute atomic E-state index is 5.89. The number of aryl methyl sites for hydroxylation is 1. The molecule has 0 spiro atoms. The summed E-state index contributed by atoms with van der Waals surface area (Å²) < 4.78 is 13.6. The van der Waals surface area contributed by atoms with Crippen molar-refractivity contribution in [2.75, 3.05) is 13.2 Å². The van der Waals surface area contributed by atoms with Gasteiger partial charge >= 0.3 is 0 Å². The van der Waals surface area contributed by atoms with Crippen molar-refractivity contribution in [1.29, 1.82) is 0 Å². The monoisotopic (exact) mass is 500 g/mol. The second-order valence-corrected chi connectivity index (χ2v) is 6.54. The molecule has 1 atom stereocenters. The third-order valence-electron chi connectivity index (χ3n) is 4.35. The molecule has 1 aliphatic rings. The van der Waals surface area contributed by atoms with Gasteiger partial charge in [0.25, 0.3) is 0 Å². The molecule has 1 aromatic heterocycles. The van der Waals surface area contributed by atoms with Crippen LogP contribution < -0.4 is 20.1 Å². The molecule has 0 amide bonds. The van der Waals surface area contributed by atoms with E-state index in [0.717, 1.165) is 41.8 Å². The number of halogens is 1. The summed E-state index contributed by atoms with van der Waals surface area (Å²) in [5, 5.41) is 14.5. The number of aliphatic imine (C=N–C) groups is 1. The lowest BCUT2D eigenvalue weighted by Crippen LogP contribution is -2.37. The fourth-order valence-corrected chi connectivity index (χ4v) is 3.03. The van der Waals surface area contributed by atoms with E-state index in [1.165, 1.54) is 5.56 Å². The maximum Gasteiger partial charge on any atom is 0.191 e. The van der Waals surface area contributed by atoms with Gasteiger partial charge in [0.2, 0.25) is 0 Å². The molecule has 154 valence electrons. The summed E-state index contributed by atoms with van der Waals surface area (Å²) in [6.07, 6.45) is 2.81. The Balaban J connectivity index is 0.00000280. The van der Waals surface area contributed by atoms with Gasteiger partial charge in [0.05, 0.1) is 19.7 Å². The molecule has 28 heavy (non-hydrogen) atoms. The molecule has 2 heterocycles. The van der Waals surface area contributed by atoms with Gasteiger partial charge in [-0.3, -0.25) is 0 Å². The van der Waals surface area contributed by atoms with Crippen LogP contribution in [-0.2, 0) is 26.6 Å². The fourth-order valence-electron chi connectivity index (χ4n) is 3.03. The molecule has 1 unspecified atom stereocenters. The zero-order chi connectivity index (χ0) is 19.2. The highest BCUT2D eigenvalue weighted by Gasteiger charge is 2.21. The molecule has 0 aliphatic carbocycles. The van der Waals surface area contributed by atoms with Crippen molar-refractivity contribution < 1.29 is 9.47 Å². The van der Waals surface area contributed by atoms with E-state index in [2.05, 4.69) is 39.9 Å². The van der Waals surface area contributed by atoms with Crippen LogP contribution in [0.2, 0.25) is 0 Å². The Morgan fingerprint density at radius 1 is 1.36 bits per heavy atom. The Hall–Kier alpha value is -2.04. The first-order valence-electron chi connectivity index (χ1n) is 9.41. The van der Waals surface area contributed by atoms with Crippen LogP contribution in [0.15, 0.2) is 23.5 Å².